The van der Waals surface area contributed by atoms with E-state index in [1.54, 1.807) is 6.92 Å². The highest BCUT2D eigenvalue weighted by Gasteiger charge is 2.47. The summed E-state index contributed by atoms with van der Waals surface area (Å²) in [4.78, 5) is 21.2. The molecule has 1 aromatic heterocycles. The normalized spacial score (nSPS) is 19.0. The van der Waals surface area contributed by atoms with Crippen LogP contribution in [0.3, 0.4) is 0 Å². The summed E-state index contributed by atoms with van der Waals surface area (Å²) in [7, 11) is -4.73. The van der Waals surface area contributed by atoms with Gasteiger partial charge in [-0.3, -0.25) is 4.90 Å². The van der Waals surface area contributed by atoms with Crippen molar-refractivity contribution in [3.8, 4) is 0 Å². The van der Waals surface area contributed by atoms with E-state index in [4.69, 9.17) is 15.6 Å². The Morgan fingerprint density at radius 3 is 2.02 bits per heavy atom. The number of ether oxygens (including phenoxy) is 1. The monoisotopic (exact) mass is 699 g/mol. The van der Waals surface area contributed by atoms with Gasteiger partial charge in [-0.25, -0.2) is 28.3 Å². The molecule has 0 spiro atoms. The Hall–Kier alpha value is -3.97. The molecule has 0 radical (unpaired) electrons. The number of alkyl halides is 9. The van der Waals surface area contributed by atoms with Crippen molar-refractivity contribution in [3.63, 3.8) is 0 Å². The number of nitrogens with two attached hydrogens (primary N) is 2. The van der Waals surface area contributed by atoms with Crippen LogP contribution in [0.4, 0.5) is 50.0 Å². The average molecular weight is 700 g/mol. The van der Waals surface area contributed by atoms with E-state index in [0.29, 0.717) is 30.5 Å². The molecule has 256 valence electrons. The fourth-order valence-electron chi connectivity index (χ4n) is 5.28. The SMILES string of the molecule is CCOC(=O)N1c2ccc(C(F)(F)F)cc2[C@@H](c2ncc(S(N)(=O)=O)c(Cc3cc(C(F)(F)F)cc(C(F)(F)F)c3)n2)C[C@@]1(N)CC. The van der Waals surface area contributed by atoms with Gasteiger partial charge in [0.05, 0.1) is 40.9 Å². The van der Waals surface area contributed by atoms with E-state index in [9.17, 15) is 52.7 Å². The number of carbonyl (C=O) groups excluding carboxylic acids is 1. The number of fused-ring (bicyclic) bond motifs is 1. The maximum atomic E-state index is 13.8. The minimum Gasteiger partial charge on any atom is -0.449 e. The highest BCUT2D eigenvalue weighted by atomic mass is 32.2. The Labute approximate surface area is 261 Å². The number of rotatable bonds is 6. The number of amides is 1. The van der Waals surface area contributed by atoms with Crippen LogP contribution in [0.1, 0.15) is 71.9 Å². The van der Waals surface area contributed by atoms with Gasteiger partial charge in [0.15, 0.2) is 0 Å². The molecule has 0 aliphatic carbocycles. The Bertz CT molecular complexity index is 1760. The Kier molecular flexibility index (Phi) is 9.34. The minimum absolute atomic E-state index is 0.00928. The lowest BCUT2D eigenvalue weighted by molar-refractivity contribution is -0.143. The van der Waals surface area contributed by atoms with Crippen molar-refractivity contribution < 1.29 is 57.5 Å². The van der Waals surface area contributed by atoms with Crippen molar-refractivity contribution in [1.82, 2.24) is 9.97 Å². The largest absolute Gasteiger partial charge is 0.449 e. The maximum Gasteiger partial charge on any atom is 0.416 e. The molecule has 0 bridgehead atoms. The quantitative estimate of drug-likeness (QED) is 0.286. The predicted octanol–water partition coefficient (Wildman–Crippen LogP) is 6.33. The number of hydrogen-bond donors (Lipinski definition) is 2. The van der Waals surface area contributed by atoms with Crippen LogP contribution in [0.15, 0.2) is 47.5 Å². The highest BCUT2D eigenvalue weighted by molar-refractivity contribution is 7.89. The molecule has 2 heterocycles. The summed E-state index contributed by atoms with van der Waals surface area (Å²) in [6.45, 7) is 2.95. The first-order chi connectivity index (χ1) is 21.5. The molecule has 9 nitrogen and oxygen atoms in total. The van der Waals surface area contributed by atoms with E-state index in [-0.39, 0.29) is 42.6 Å². The lowest BCUT2D eigenvalue weighted by Gasteiger charge is -2.46. The maximum absolute atomic E-state index is 13.8. The molecule has 0 saturated heterocycles. The molecule has 47 heavy (non-hydrogen) atoms. The van der Waals surface area contributed by atoms with E-state index >= 15 is 0 Å². The molecule has 4 rings (SSSR count). The number of benzene rings is 2. The summed E-state index contributed by atoms with van der Waals surface area (Å²) in [6.07, 6.45) is -16.9. The number of aromatic nitrogens is 2. The summed E-state index contributed by atoms with van der Waals surface area (Å²) in [5.41, 5.74) is -1.12. The highest BCUT2D eigenvalue weighted by Crippen LogP contribution is 2.47. The lowest BCUT2D eigenvalue weighted by Crippen LogP contribution is -2.61. The second-order valence-electron chi connectivity index (χ2n) is 10.7. The Morgan fingerprint density at radius 2 is 1.53 bits per heavy atom. The van der Waals surface area contributed by atoms with Crippen LogP contribution in [0.25, 0.3) is 0 Å². The van der Waals surface area contributed by atoms with Crippen molar-refractivity contribution in [1.29, 1.82) is 0 Å². The first-order valence-corrected chi connectivity index (χ1v) is 15.2. The topological polar surface area (TPSA) is 142 Å². The first kappa shape index (κ1) is 35.9. The van der Waals surface area contributed by atoms with Gasteiger partial charge in [-0.05, 0) is 67.3 Å². The molecular formula is C28H26F9N5O4S. The van der Waals surface area contributed by atoms with Crippen LogP contribution < -0.4 is 15.8 Å². The fraction of sp³-hybridized carbons (Fsp3) is 0.393. The van der Waals surface area contributed by atoms with Gasteiger partial charge in [-0.15, -0.1) is 0 Å². The molecule has 3 aromatic rings. The van der Waals surface area contributed by atoms with Crippen LogP contribution in [0.5, 0.6) is 0 Å². The number of primary sulfonamides is 1. The number of nitrogens with zero attached hydrogens (tertiary/aromatic N) is 3. The van der Waals surface area contributed by atoms with Gasteiger partial charge in [0, 0.05) is 12.3 Å². The molecule has 0 fully saturated rings. The number of carbonyl (C=O) groups is 1. The summed E-state index contributed by atoms with van der Waals surface area (Å²) >= 11 is 0. The molecule has 1 amide bonds. The van der Waals surface area contributed by atoms with E-state index in [0.717, 1.165) is 11.0 Å². The van der Waals surface area contributed by atoms with Gasteiger partial charge in [0.1, 0.15) is 16.4 Å². The first-order valence-electron chi connectivity index (χ1n) is 13.6. The van der Waals surface area contributed by atoms with Crippen LogP contribution >= 0.6 is 0 Å². The molecule has 1 aliphatic rings. The number of halogens is 9. The fourth-order valence-corrected chi connectivity index (χ4v) is 5.92. The smallest absolute Gasteiger partial charge is 0.416 e. The molecule has 2 aromatic carbocycles. The summed E-state index contributed by atoms with van der Waals surface area (Å²) in [6, 6.07) is 3.02. The van der Waals surface area contributed by atoms with E-state index in [2.05, 4.69) is 9.97 Å². The standard InChI is InChI=1S/C28H26F9N5O4S/c1-3-25(38)12-19(18-11-15(26(29,30)31)5-6-21(18)42(25)24(43)46-4-2)23-40-13-22(47(39,44)45)20(41-23)9-14-7-16(27(32,33)34)10-17(8-14)28(35,36)37/h5-8,10-11,13,19H,3-4,9,12,38H2,1-2H3,(H2,39,44,45)/t19-,25+/m0/s1. The van der Waals surface area contributed by atoms with Gasteiger partial charge >= 0.3 is 24.6 Å². The van der Waals surface area contributed by atoms with Crippen molar-refractivity contribution >= 4 is 21.8 Å². The van der Waals surface area contributed by atoms with E-state index in [1.165, 1.54) is 6.92 Å². The van der Waals surface area contributed by atoms with Gasteiger partial charge < -0.3 is 10.5 Å². The molecule has 0 unspecified atom stereocenters. The van der Waals surface area contributed by atoms with Crippen molar-refractivity contribution in [3.05, 3.63) is 81.9 Å². The average Bonchev–Trinajstić information content (AvgIpc) is 2.94. The van der Waals surface area contributed by atoms with Crippen molar-refractivity contribution in [2.45, 2.75) is 68.1 Å². The van der Waals surface area contributed by atoms with E-state index < -0.39 is 85.5 Å². The summed E-state index contributed by atoms with van der Waals surface area (Å²) in [5.74, 6) is -1.67. The van der Waals surface area contributed by atoms with Crippen LogP contribution in [-0.2, 0) is 39.7 Å². The van der Waals surface area contributed by atoms with Crippen molar-refractivity contribution in [2.75, 3.05) is 11.5 Å². The van der Waals surface area contributed by atoms with Gasteiger partial charge in [-0.1, -0.05) is 6.92 Å². The number of hydrogen-bond acceptors (Lipinski definition) is 7. The minimum atomic E-state index is -5.22. The van der Waals surface area contributed by atoms with E-state index in [1.807, 2.05) is 0 Å². The van der Waals surface area contributed by atoms with Crippen molar-refractivity contribution in [2.24, 2.45) is 10.9 Å². The van der Waals surface area contributed by atoms with Crippen LogP contribution in [-0.4, -0.2) is 36.7 Å². The molecule has 0 saturated carbocycles. The Balaban J connectivity index is 1.96. The second-order valence-corrected chi connectivity index (χ2v) is 12.2. The molecule has 1 aliphatic heterocycles. The zero-order valence-corrected chi connectivity index (χ0v) is 25.2. The molecule has 4 N–H and O–H groups in total. The number of anilines is 1. The lowest BCUT2D eigenvalue weighted by atomic mass is 9.80. The number of sulfonamides is 1. The second kappa shape index (κ2) is 12.2. The third-order valence-corrected chi connectivity index (χ3v) is 8.48. The summed E-state index contributed by atoms with van der Waals surface area (Å²) < 4.78 is 152. The van der Waals surface area contributed by atoms with Crippen LogP contribution in [0.2, 0.25) is 0 Å². The molecular weight excluding hydrogens is 673 g/mol. The van der Waals surface area contributed by atoms with Gasteiger partial charge in [0.2, 0.25) is 10.0 Å². The zero-order valence-electron chi connectivity index (χ0n) is 24.4. The molecule has 2 atom stereocenters. The zero-order chi connectivity index (χ0) is 35.3. The van der Waals surface area contributed by atoms with Gasteiger partial charge in [0.25, 0.3) is 0 Å². The Morgan fingerprint density at radius 1 is 0.957 bits per heavy atom. The molecule has 19 heteroatoms. The third kappa shape index (κ3) is 7.46. The summed E-state index contributed by atoms with van der Waals surface area (Å²) in [5, 5.41) is 5.26. The van der Waals surface area contributed by atoms with Gasteiger partial charge in [-0.2, -0.15) is 39.5 Å². The van der Waals surface area contributed by atoms with Crippen LogP contribution in [0, 0.1) is 0 Å². The predicted molar refractivity (Wildman–Crippen MR) is 147 cm³/mol. The third-order valence-electron chi connectivity index (χ3n) is 7.52.